The highest BCUT2D eigenvalue weighted by molar-refractivity contribution is 6.03. The molecule has 200 valence electrons. The predicted octanol–water partition coefficient (Wildman–Crippen LogP) is 5.55. The fourth-order valence-electron chi connectivity index (χ4n) is 5.16. The minimum Gasteiger partial charge on any atom is -0.406 e. The number of aryl methyl sites for hydroxylation is 1. The quantitative estimate of drug-likeness (QED) is 0.426. The lowest BCUT2D eigenvalue weighted by molar-refractivity contribution is -0.274. The van der Waals surface area contributed by atoms with Gasteiger partial charge in [-0.25, -0.2) is 9.97 Å². The van der Waals surface area contributed by atoms with Crippen LogP contribution in [0.1, 0.15) is 36.9 Å². The van der Waals surface area contributed by atoms with Gasteiger partial charge in [-0.15, -0.1) is 13.2 Å². The second-order valence-corrected chi connectivity index (χ2v) is 9.74. The van der Waals surface area contributed by atoms with Crippen molar-refractivity contribution < 1.29 is 22.7 Å². The summed E-state index contributed by atoms with van der Waals surface area (Å²) in [5.41, 5.74) is 2.84. The first kappa shape index (κ1) is 26.0. The molecule has 1 aromatic heterocycles. The van der Waals surface area contributed by atoms with Crippen molar-refractivity contribution in [1.29, 1.82) is 0 Å². The van der Waals surface area contributed by atoms with Crippen molar-refractivity contribution in [2.45, 2.75) is 45.0 Å². The van der Waals surface area contributed by atoms with Gasteiger partial charge in [0.05, 0.1) is 11.2 Å². The molecular weight excluding hydrogens is 495 g/mol. The summed E-state index contributed by atoms with van der Waals surface area (Å²) in [4.78, 5) is 26.9. The summed E-state index contributed by atoms with van der Waals surface area (Å²) in [6.07, 6.45) is 2.97. The molecule has 3 heterocycles. The van der Waals surface area contributed by atoms with E-state index in [4.69, 9.17) is 9.97 Å². The number of benzene rings is 2. The van der Waals surface area contributed by atoms with E-state index in [1.54, 1.807) is 6.07 Å². The van der Waals surface area contributed by atoms with Gasteiger partial charge in [-0.05, 0) is 87.7 Å². The Bertz CT molecular complexity index is 1310. The first-order chi connectivity index (χ1) is 18.2. The number of carbonyl (C=O) groups excluding carboxylic acids is 1. The summed E-state index contributed by atoms with van der Waals surface area (Å²) >= 11 is 0. The lowest BCUT2D eigenvalue weighted by Crippen LogP contribution is -2.44. The Kier molecular flexibility index (Phi) is 7.51. The largest absolute Gasteiger partial charge is 0.573 e. The molecular formula is C28H30F3N5O2. The topological polar surface area (TPSA) is 70.6 Å². The molecule has 2 aliphatic heterocycles. The zero-order valence-electron chi connectivity index (χ0n) is 21.2. The Balaban J connectivity index is 1.20. The maximum Gasteiger partial charge on any atom is 0.573 e. The van der Waals surface area contributed by atoms with Crippen LogP contribution < -0.4 is 15.0 Å². The predicted molar refractivity (Wildman–Crippen MR) is 141 cm³/mol. The number of anilines is 2. The fourth-order valence-corrected chi connectivity index (χ4v) is 5.16. The lowest BCUT2D eigenvalue weighted by atomic mass is 10.0. The molecule has 10 heteroatoms. The van der Waals surface area contributed by atoms with Crippen LogP contribution in [0.3, 0.4) is 0 Å². The summed E-state index contributed by atoms with van der Waals surface area (Å²) in [6, 6.07) is 11.5. The molecule has 2 aliphatic rings. The smallest absolute Gasteiger partial charge is 0.406 e. The van der Waals surface area contributed by atoms with Crippen LogP contribution >= 0.6 is 0 Å². The molecule has 0 bridgehead atoms. The number of likely N-dealkylation sites (tertiary alicyclic amines) is 1. The number of carbonyl (C=O) groups is 1. The van der Waals surface area contributed by atoms with E-state index >= 15 is 0 Å². The third-order valence-corrected chi connectivity index (χ3v) is 7.09. The molecule has 5 rings (SSSR count). The molecule has 1 amide bonds. The molecule has 2 saturated heterocycles. The second-order valence-electron chi connectivity index (χ2n) is 9.74. The SMILES string of the molecule is Cc1nc(N2CCC(N3CCCC3)CC2)nc2ccc(NC(=O)C=Cc3ccc(OC(F)(F)F)cc3)cc12. The Labute approximate surface area is 219 Å². The number of alkyl halides is 3. The van der Waals surface area contributed by atoms with Crippen molar-refractivity contribution in [3.63, 3.8) is 0 Å². The van der Waals surface area contributed by atoms with Crippen molar-refractivity contribution in [3.05, 3.63) is 59.8 Å². The highest BCUT2D eigenvalue weighted by Gasteiger charge is 2.31. The van der Waals surface area contributed by atoms with Crippen LogP contribution in [0.4, 0.5) is 24.8 Å². The highest BCUT2D eigenvalue weighted by atomic mass is 19.4. The van der Waals surface area contributed by atoms with E-state index < -0.39 is 6.36 Å². The Morgan fingerprint density at radius 1 is 1.03 bits per heavy atom. The van der Waals surface area contributed by atoms with Gasteiger partial charge in [0.1, 0.15) is 5.75 Å². The maximum absolute atomic E-state index is 12.4. The highest BCUT2D eigenvalue weighted by Crippen LogP contribution is 2.27. The number of amides is 1. The summed E-state index contributed by atoms with van der Waals surface area (Å²) in [7, 11) is 0. The van der Waals surface area contributed by atoms with E-state index in [2.05, 4.69) is 19.9 Å². The minimum absolute atomic E-state index is 0.317. The van der Waals surface area contributed by atoms with Crippen molar-refractivity contribution in [2.75, 3.05) is 36.4 Å². The fraction of sp³-hybridized carbons (Fsp3) is 0.393. The molecule has 3 aromatic rings. The van der Waals surface area contributed by atoms with E-state index in [1.165, 1.54) is 62.3 Å². The number of nitrogens with zero attached hydrogens (tertiary/aromatic N) is 4. The van der Waals surface area contributed by atoms with Gasteiger partial charge >= 0.3 is 6.36 Å². The van der Waals surface area contributed by atoms with E-state index in [-0.39, 0.29) is 11.7 Å². The number of hydrogen-bond donors (Lipinski definition) is 1. The average molecular weight is 526 g/mol. The molecule has 0 saturated carbocycles. The van der Waals surface area contributed by atoms with Gasteiger partial charge in [0.2, 0.25) is 11.9 Å². The average Bonchev–Trinajstić information content (AvgIpc) is 3.43. The van der Waals surface area contributed by atoms with Gasteiger partial charge in [0.15, 0.2) is 0 Å². The summed E-state index contributed by atoms with van der Waals surface area (Å²) in [5.74, 6) is 0.0693. The number of halogens is 3. The maximum atomic E-state index is 12.4. The molecule has 0 atom stereocenters. The van der Waals surface area contributed by atoms with Crippen LogP contribution in [0.15, 0.2) is 48.5 Å². The van der Waals surface area contributed by atoms with E-state index in [0.29, 0.717) is 17.3 Å². The van der Waals surface area contributed by atoms with Crippen LogP contribution in [0.25, 0.3) is 17.0 Å². The van der Waals surface area contributed by atoms with Crippen LogP contribution in [0.2, 0.25) is 0 Å². The second kappa shape index (κ2) is 11.0. The third-order valence-electron chi connectivity index (χ3n) is 7.09. The van der Waals surface area contributed by atoms with Gasteiger partial charge in [-0.3, -0.25) is 4.79 Å². The van der Waals surface area contributed by atoms with Crippen LogP contribution in [0, 0.1) is 6.92 Å². The van der Waals surface area contributed by atoms with Crippen LogP contribution in [-0.4, -0.2) is 59.4 Å². The van der Waals surface area contributed by atoms with Crippen molar-refractivity contribution in [1.82, 2.24) is 14.9 Å². The van der Waals surface area contributed by atoms with E-state index in [9.17, 15) is 18.0 Å². The van der Waals surface area contributed by atoms with Gasteiger partial charge in [0.25, 0.3) is 0 Å². The molecule has 0 unspecified atom stereocenters. The zero-order chi connectivity index (χ0) is 26.7. The summed E-state index contributed by atoms with van der Waals surface area (Å²) in [5, 5.41) is 3.68. The number of piperidine rings is 1. The molecule has 1 N–H and O–H groups in total. The number of nitrogens with one attached hydrogen (secondary N) is 1. The van der Waals surface area contributed by atoms with Crippen LogP contribution in [0.5, 0.6) is 5.75 Å². The number of ether oxygens (including phenoxy) is 1. The summed E-state index contributed by atoms with van der Waals surface area (Å²) in [6.45, 7) is 6.29. The first-order valence-electron chi connectivity index (χ1n) is 12.9. The van der Waals surface area contributed by atoms with E-state index in [0.717, 1.165) is 48.5 Å². The summed E-state index contributed by atoms with van der Waals surface area (Å²) < 4.78 is 40.7. The van der Waals surface area contributed by atoms with Gasteiger partial charge < -0.3 is 19.9 Å². The van der Waals surface area contributed by atoms with E-state index in [1.807, 2.05) is 19.1 Å². The van der Waals surface area contributed by atoms with Crippen molar-refractivity contribution in [2.24, 2.45) is 0 Å². The van der Waals surface area contributed by atoms with Crippen molar-refractivity contribution >= 4 is 34.5 Å². The molecule has 0 spiro atoms. The number of fused-ring (bicyclic) bond motifs is 1. The van der Waals surface area contributed by atoms with Gasteiger partial charge in [-0.2, -0.15) is 0 Å². The van der Waals surface area contributed by atoms with Gasteiger partial charge in [0, 0.05) is 36.3 Å². The normalized spacial score (nSPS) is 17.4. The number of hydrogen-bond acceptors (Lipinski definition) is 6. The third kappa shape index (κ3) is 6.42. The molecule has 38 heavy (non-hydrogen) atoms. The van der Waals surface area contributed by atoms with Gasteiger partial charge in [-0.1, -0.05) is 12.1 Å². The Hall–Kier alpha value is -3.66. The van der Waals surface area contributed by atoms with Crippen molar-refractivity contribution in [3.8, 4) is 5.75 Å². The molecule has 7 nitrogen and oxygen atoms in total. The number of rotatable bonds is 6. The van der Waals surface area contributed by atoms with Crippen LogP contribution in [-0.2, 0) is 4.79 Å². The molecule has 2 aromatic carbocycles. The molecule has 2 fully saturated rings. The Morgan fingerprint density at radius 2 is 1.74 bits per heavy atom. The zero-order valence-corrected chi connectivity index (χ0v) is 21.2. The molecule has 0 aliphatic carbocycles. The lowest BCUT2D eigenvalue weighted by Gasteiger charge is -2.36. The standard InChI is InChI=1S/C28H30F3N5O2/c1-19-24-18-21(33-26(37)11-6-20-4-8-23(9-5-20)38-28(29,30)31)7-10-25(24)34-27(32-19)36-16-12-22(13-17-36)35-14-2-3-15-35/h4-11,18,22H,2-3,12-17H2,1H3,(H,33,37). The Morgan fingerprint density at radius 3 is 2.42 bits per heavy atom. The monoisotopic (exact) mass is 525 g/mol. The minimum atomic E-state index is -4.74. The first-order valence-corrected chi connectivity index (χ1v) is 12.9. The number of aromatic nitrogens is 2. The molecule has 0 radical (unpaired) electrons.